The van der Waals surface area contributed by atoms with Gasteiger partial charge in [0.25, 0.3) is 11.8 Å². The minimum Gasteiger partial charge on any atom is -0.374 e. The number of aromatic nitrogens is 1. The van der Waals surface area contributed by atoms with Crippen LogP contribution in [0.3, 0.4) is 0 Å². The number of nitrogens with one attached hydrogen (secondary N) is 5. The molecule has 4 heterocycles. The third-order valence-corrected chi connectivity index (χ3v) is 9.65. The van der Waals surface area contributed by atoms with Crippen LogP contribution in [-0.4, -0.2) is 78.8 Å². The second-order valence-corrected chi connectivity index (χ2v) is 12.7. The van der Waals surface area contributed by atoms with E-state index in [0.717, 1.165) is 48.6 Å². The number of piperazine rings is 1. The van der Waals surface area contributed by atoms with Gasteiger partial charge in [-0.1, -0.05) is 0 Å². The molecule has 0 spiro atoms. The van der Waals surface area contributed by atoms with Crippen LogP contribution in [0, 0.1) is 18.6 Å². The average molecular weight is 658 g/mol. The smallest absolute Gasteiger partial charge is 0.256 e. The van der Waals surface area contributed by atoms with Gasteiger partial charge in [-0.05, 0) is 86.7 Å². The maximum absolute atomic E-state index is 15.1. The van der Waals surface area contributed by atoms with Gasteiger partial charge >= 0.3 is 0 Å². The first-order valence-electron chi connectivity index (χ1n) is 16.4. The highest BCUT2D eigenvalue weighted by molar-refractivity contribution is 6.37. The van der Waals surface area contributed by atoms with E-state index in [9.17, 15) is 23.6 Å². The molecule has 0 saturated carbocycles. The van der Waals surface area contributed by atoms with E-state index in [1.54, 1.807) is 18.2 Å². The fourth-order valence-electron chi connectivity index (χ4n) is 7.25. The number of H-pyrrole nitrogens is 1. The Kier molecular flexibility index (Phi) is 8.46. The topological polar surface area (TPSA) is 139 Å². The number of carbonyl (C=O) groups is 4. The molecular weight excluding hydrogens is 620 g/mol. The molecule has 3 aromatic rings. The number of imide groups is 1. The van der Waals surface area contributed by atoms with Gasteiger partial charge in [0.05, 0.1) is 16.8 Å². The molecule has 11 nitrogen and oxygen atoms in total. The van der Waals surface area contributed by atoms with Crippen LogP contribution in [0.15, 0.2) is 36.4 Å². The number of anilines is 3. The monoisotopic (exact) mass is 657 g/mol. The summed E-state index contributed by atoms with van der Waals surface area (Å²) in [6, 6.07) is 8.55. The minimum atomic E-state index is -0.571. The van der Waals surface area contributed by atoms with Crippen LogP contribution in [0.2, 0.25) is 0 Å². The Bertz CT molecular complexity index is 1860. The maximum Gasteiger partial charge on any atom is 0.256 e. The number of aryl methyl sites for hydroxylation is 1. The molecule has 48 heavy (non-hydrogen) atoms. The fourth-order valence-corrected chi connectivity index (χ4v) is 7.25. The second kappa shape index (κ2) is 12.9. The Balaban J connectivity index is 0.897. The summed E-state index contributed by atoms with van der Waals surface area (Å²) in [5.74, 6) is -1.90. The molecule has 13 heteroatoms. The summed E-state index contributed by atoms with van der Waals surface area (Å²) in [5, 5.41) is 11.2. The Hall–Kier alpha value is -5.04. The highest BCUT2D eigenvalue weighted by atomic mass is 19.1. The molecule has 3 aliphatic heterocycles. The number of halogens is 2. The van der Waals surface area contributed by atoms with E-state index in [4.69, 9.17) is 0 Å². The zero-order valence-electron chi connectivity index (χ0n) is 26.6. The predicted molar refractivity (Wildman–Crippen MR) is 177 cm³/mol. The van der Waals surface area contributed by atoms with E-state index < -0.39 is 17.8 Å². The number of hydrogen-bond donors (Lipinski definition) is 5. The van der Waals surface area contributed by atoms with Crippen molar-refractivity contribution in [3.63, 3.8) is 0 Å². The number of piperidine rings is 1. The fraction of sp³-hybridized carbons (Fsp3) is 0.371. The molecule has 4 aliphatic rings. The number of rotatable bonds is 8. The standard InChI is InChI=1S/C35H37F2N7O4/c1-19-30(22-5-6-23(32(22)39-19)31-24-17-20(36)3-7-26(24)41-35(31)48)34(47)38-11-2-12-43-13-15-44(16-14-43)28-9-4-21(18-25(28)37)40-27-8-10-29(45)42-33(27)46/h3-4,7,9,17-18,27,39-40H,2,5-6,8,10-16H2,1H3,(H,38,47)(H,41,48)(H,42,45,46)/b31-23-. The molecule has 5 N–H and O–H groups in total. The van der Waals surface area contributed by atoms with Crippen LogP contribution in [0.25, 0.3) is 11.1 Å². The van der Waals surface area contributed by atoms with Crippen molar-refractivity contribution in [2.45, 2.75) is 45.1 Å². The summed E-state index contributed by atoms with van der Waals surface area (Å²) < 4.78 is 29.1. The van der Waals surface area contributed by atoms with Crippen molar-refractivity contribution in [2.24, 2.45) is 0 Å². The van der Waals surface area contributed by atoms with Crippen molar-refractivity contribution in [1.82, 2.24) is 20.5 Å². The molecule has 250 valence electrons. The number of hydrogen-bond acceptors (Lipinski definition) is 7. The number of carbonyl (C=O) groups excluding carboxylic acids is 4. The van der Waals surface area contributed by atoms with Gasteiger partial charge in [0, 0.05) is 67.5 Å². The number of benzene rings is 2. The molecule has 2 aromatic carbocycles. The number of aromatic amines is 1. The summed E-state index contributed by atoms with van der Waals surface area (Å²) in [6.45, 7) is 5.96. The lowest BCUT2D eigenvalue weighted by Gasteiger charge is -2.36. The van der Waals surface area contributed by atoms with Gasteiger partial charge < -0.3 is 25.8 Å². The van der Waals surface area contributed by atoms with Gasteiger partial charge in [0.1, 0.15) is 17.7 Å². The molecule has 0 radical (unpaired) electrons. The van der Waals surface area contributed by atoms with Gasteiger partial charge in [-0.2, -0.15) is 0 Å². The molecule has 1 unspecified atom stereocenters. The van der Waals surface area contributed by atoms with E-state index in [2.05, 4.69) is 31.2 Å². The molecule has 2 fully saturated rings. The van der Waals surface area contributed by atoms with Crippen LogP contribution >= 0.6 is 0 Å². The first-order valence-corrected chi connectivity index (χ1v) is 16.4. The summed E-state index contributed by atoms with van der Waals surface area (Å²) in [4.78, 5) is 57.2. The van der Waals surface area contributed by atoms with Crippen molar-refractivity contribution >= 4 is 51.8 Å². The Labute approximate surface area is 276 Å². The van der Waals surface area contributed by atoms with Crippen molar-refractivity contribution in [2.75, 3.05) is 54.8 Å². The largest absolute Gasteiger partial charge is 0.374 e. The zero-order valence-corrected chi connectivity index (χ0v) is 26.6. The van der Waals surface area contributed by atoms with E-state index in [-0.39, 0.29) is 30.0 Å². The summed E-state index contributed by atoms with van der Waals surface area (Å²) in [7, 11) is 0. The predicted octanol–water partition coefficient (Wildman–Crippen LogP) is 3.57. The van der Waals surface area contributed by atoms with Crippen LogP contribution in [0.4, 0.5) is 25.8 Å². The Morgan fingerprint density at radius 3 is 2.56 bits per heavy atom. The first-order chi connectivity index (χ1) is 23.2. The number of amides is 4. The second-order valence-electron chi connectivity index (χ2n) is 12.7. The highest BCUT2D eigenvalue weighted by Gasteiger charge is 2.35. The molecule has 0 bridgehead atoms. The van der Waals surface area contributed by atoms with Gasteiger partial charge in [-0.3, -0.25) is 29.4 Å². The van der Waals surface area contributed by atoms with Crippen LogP contribution in [0.1, 0.15) is 58.6 Å². The molecule has 1 atom stereocenters. The van der Waals surface area contributed by atoms with E-state index in [0.29, 0.717) is 72.7 Å². The van der Waals surface area contributed by atoms with Gasteiger partial charge in [-0.15, -0.1) is 0 Å². The number of fused-ring (bicyclic) bond motifs is 2. The third-order valence-electron chi connectivity index (χ3n) is 9.65. The van der Waals surface area contributed by atoms with Crippen molar-refractivity contribution < 1.29 is 28.0 Å². The lowest BCUT2D eigenvalue weighted by Crippen LogP contribution is -2.47. The number of nitrogens with zero attached hydrogens (tertiary/aromatic N) is 2. The van der Waals surface area contributed by atoms with Crippen molar-refractivity contribution in [3.8, 4) is 0 Å². The van der Waals surface area contributed by atoms with E-state index in [1.807, 2.05) is 11.8 Å². The maximum atomic E-state index is 15.1. The Morgan fingerprint density at radius 1 is 0.979 bits per heavy atom. The lowest BCUT2D eigenvalue weighted by atomic mass is 9.99. The summed E-state index contributed by atoms with van der Waals surface area (Å²) >= 11 is 0. The molecule has 1 aromatic heterocycles. The van der Waals surface area contributed by atoms with E-state index in [1.165, 1.54) is 18.2 Å². The van der Waals surface area contributed by atoms with Crippen LogP contribution < -0.4 is 26.2 Å². The average Bonchev–Trinajstić information content (AvgIpc) is 3.70. The number of allylic oxidation sites excluding steroid dienone is 1. The van der Waals surface area contributed by atoms with Gasteiger partial charge in [0.15, 0.2) is 0 Å². The van der Waals surface area contributed by atoms with Crippen molar-refractivity contribution in [1.29, 1.82) is 0 Å². The molecular formula is C35H37F2N7O4. The SMILES string of the molecule is Cc1[nH]c2c(c1C(=O)NCCCN1CCN(c3ccc(NC4CCC(=O)NC4=O)cc3F)CC1)CC/C2=C1/C(=O)Nc2ccc(F)cc21. The van der Waals surface area contributed by atoms with E-state index >= 15 is 4.39 Å². The molecule has 4 amide bonds. The minimum absolute atomic E-state index is 0.158. The Morgan fingerprint density at radius 2 is 1.79 bits per heavy atom. The summed E-state index contributed by atoms with van der Waals surface area (Å²) in [6.07, 6.45) is 2.57. The van der Waals surface area contributed by atoms with Gasteiger partial charge in [0.2, 0.25) is 11.8 Å². The normalized spacial score (nSPS) is 20.8. The van der Waals surface area contributed by atoms with Gasteiger partial charge in [-0.25, -0.2) is 8.78 Å². The quantitative estimate of drug-likeness (QED) is 0.142. The van der Waals surface area contributed by atoms with Crippen LogP contribution in [-0.2, 0) is 20.8 Å². The van der Waals surface area contributed by atoms with Crippen LogP contribution in [0.5, 0.6) is 0 Å². The molecule has 2 saturated heterocycles. The third kappa shape index (κ3) is 6.05. The highest BCUT2D eigenvalue weighted by Crippen LogP contribution is 2.44. The molecule has 7 rings (SSSR count). The van der Waals surface area contributed by atoms with Crippen molar-refractivity contribution in [3.05, 3.63) is 76.1 Å². The first kappa shape index (κ1) is 31.6. The molecule has 1 aliphatic carbocycles. The lowest BCUT2D eigenvalue weighted by molar-refractivity contribution is -0.133. The summed E-state index contributed by atoms with van der Waals surface area (Å²) in [5.41, 5.74) is 6.38. The zero-order chi connectivity index (χ0) is 33.5.